The number of methoxy groups -OCH3 is 1. The fourth-order valence-corrected chi connectivity index (χ4v) is 3.55. The van der Waals surface area contributed by atoms with Crippen LogP contribution in [0.15, 0.2) is 36.8 Å². The van der Waals surface area contributed by atoms with Gasteiger partial charge in [0, 0.05) is 19.3 Å². The Hall–Kier alpha value is -2.39. The highest BCUT2D eigenvalue weighted by atomic mass is 32.2. The number of imidazole rings is 1. The Morgan fingerprint density at radius 2 is 2.23 bits per heavy atom. The first-order valence-electron chi connectivity index (χ1n) is 8.22. The van der Waals surface area contributed by atoms with Gasteiger partial charge in [0.05, 0.1) is 44.4 Å². The molecule has 0 fully saturated rings. The Labute approximate surface area is 152 Å². The summed E-state index contributed by atoms with van der Waals surface area (Å²) in [5, 5.41) is 0. The molecule has 0 aliphatic carbocycles. The van der Waals surface area contributed by atoms with Crippen LogP contribution in [0.25, 0.3) is 0 Å². The lowest BCUT2D eigenvalue weighted by Crippen LogP contribution is -2.45. The third kappa shape index (κ3) is 4.41. The maximum absolute atomic E-state index is 12.8. The summed E-state index contributed by atoms with van der Waals surface area (Å²) in [4.78, 5) is 18.6. The zero-order valence-corrected chi connectivity index (χ0v) is 15.6. The van der Waals surface area contributed by atoms with Gasteiger partial charge in [-0.2, -0.15) is 0 Å². The molecule has 1 atom stereocenters. The zero-order chi connectivity index (χ0) is 18.7. The molecule has 3 rings (SSSR count). The lowest BCUT2D eigenvalue weighted by atomic mass is 10.1. The lowest BCUT2D eigenvalue weighted by molar-refractivity contribution is -0.132. The van der Waals surface area contributed by atoms with Crippen LogP contribution < -0.4 is 9.46 Å². The van der Waals surface area contributed by atoms with E-state index in [2.05, 4.69) is 9.71 Å². The van der Waals surface area contributed by atoms with Gasteiger partial charge in [0.1, 0.15) is 5.75 Å². The van der Waals surface area contributed by atoms with Crippen LogP contribution in [0, 0.1) is 0 Å². The van der Waals surface area contributed by atoms with Gasteiger partial charge in [-0.1, -0.05) is 12.1 Å². The van der Waals surface area contributed by atoms with Crippen molar-refractivity contribution in [3.63, 3.8) is 0 Å². The summed E-state index contributed by atoms with van der Waals surface area (Å²) in [7, 11) is -1.71. The molecule has 26 heavy (non-hydrogen) atoms. The molecule has 1 aromatic heterocycles. The molecule has 2 aromatic rings. The second kappa shape index (κ2) is 7.46. The van der Waals surface area contributed by atoms with Crippen LogP contribution in [-0.4, -0.2) is 55.2 Å². The first-order valence-corrected chi connectivity index (χ1v) is 10.1. The molecule has 140 valence electrons. The first-order chi connectivity index (χ1) is 12.4. The molecule has 0 radical (unpaired) electrons. The summed E-state index contributed by atoms with van der Waals surface area (Å²) in [6.45, 7) is 1.10. The monoisotopic (exact) mass is 378 g/mol. The van der Waals surface area contributed by atoms with Crippen molar-refractivity contribution in [1.82, 2.24) is 19.2 Å². The number of carbonyl (C=O) groups excluding carboxylic acids is 1. The summed E-state index contributed by atoms with van der Waals surface area (Å²) in [6.07, 6.45) is 4.76. The summed E-state index contributed by atoms with van der Waals surface area (Å²) in [5.41, 5.74) is 1.76. The SMILES string of the molecule is COc1cccc(CC(=O)N2Cc3cncn3C(CNS(C)(=O)=O)C2)c1. The number of benzene rings is 1. The van der Waals surface area contributed by atoms with Gasteiger partial charge in [-0.3, -0.25) is 4.79 Å². The Bertz CT molecular complexity index is 894. The number of nitrogens with zero attached hydrogens (tertiary/aromatic N) is 3. The quantitative estimate of drug-likeness (QED) is 0.793. The second-order valence-electron chi connectivity index (χ2n) is 6.37. The molecular weight excluding hydrogens is 356 g/mol. The van der Waals surface area contributed by atoms with Crippen LogP contribution >= 0.6 is 0 Å². The molecular formula is C17H22N4O4S. The van der Waals surface area contributed by atoms with E-state index in [-0.39, 0.29) is 24.9 Å². The molecule has 2 heterocycles. The number of hydrogen-bond donors (Lipinski definition) is 1. The topological polar surface area (TPSA) is 93.5 Å². The van der Waals surface area contributed by atoms with E-state index in [1.807, 2.05) is 28.8 Å². The Morgan fingerprint density at radius 3 is 2.96 bits per heavy atom. The normalized spacial score (nSPS) is 17.0. The number of carbonyl (C=O) groups is 1. The summed E-state index contributed by atoms with van der Waals surface area (Å²) in [6, 6.07) is 7.23. The number of ether oxygens (including phenoxy) is 1. The fourth-order valence-electron chi connectivity index (χ4n) is 3.06. The van der Waals surface area contributed by atoms with Crippen molar-refractivity contribution in [2.24, 2.45) is 0 Å². The van der Waals surface area contributed by atoms with Crippen LogP contribution in [0.2, 0.25) is 0 Å². The van der Waals surface area contributed by atoms with Crippen molar-refractivity contribution in [2.45, 2.75) is 19.0 Å². The van der Waals surface area contributed by atoms with E-state index in [1.165, 1.54) is 0 Å². The average Bonchev–Trinajstić information content (AvgIpc) is 3.07. The van der Waals surface area contributed by atoms with Gasteiger partial charge in [-0.25, -0.2) is 18.1 Å². The van der Waals surface area contributed by atoms with E-state index in [4.69, 9.17) is 4.74 Å². The van der Waals surface area contributed by atoms with Gasteiger partial charge in [0.15, 0.2) is 0 Å². The molecule has 1 aliphatic heterocycles. The molecule has 0 bridgehead atoms. The van der Waals surface area contributed by atoms with Crippen LogP contribution in [-0.2, 0) is 27.8 Å². The smallest absolute Gasteiger partial charge is 0.227 e. The summed E-state index contributed by atoms with van der Waals surface area (Å²) >= 11 is 0. The van der Waals surface area contributed by atoms with Crippen LogP contribution in [0.3, 0.4) is 0 Å². The minimum atomic E-state index is -3.30. The third-order valence-corrected chi connectivity index (χ3v) is 5.04. The molecule has 1 aliphatic rings. The summed E-state index contributed by atoms with van der Waals surface area (Å²) < 4.78 is 32.5. The minimum absolute atomic E-state index is 0.0185. The van der Waals surface area contributed by atoms with Crippen LogP contribution in [0.5, 0.6) is 5.75 Å². The van der Waals surface area contributed by atoms with Gasteiger partial charge in [-0.15, -0.1) is 0 Å². The van der Waals surface area contributed by atoms with Crippen molar-refractivity contribution < 1.29 is 17.9 Å². The molecule has 1 aromatic carbocycles. The third-order valence-electron chi connectivity index (χ3n) is 4.35. The van der Waals surface area contributed by atoms with Crippen molar-refractivity contribution >= 4 is 15.9 Å². The number of rotatable bonds is 6. The Morgan fingerprint density at radius 1 is 1.42 bits per heavy atom. The molecule has 9 heteroatoms. The zero-order valence-electron chi connectivity index (χ0n) is 14.8. The Kier molecular flexibility index (Phi) is 5.28. The Balaban J connectivity index is 1.73. The molecule has 1 N–H and O–H groups in total. The van der Waals surface area contributed by atoms with E-state index in [0.29, 0.717) is 18.8 Å². The van der Waals surface area contributed by atoms with Gasteiger partial charge < -0.3 is 14.2 Å². The first kappa shape index (κ1) is 18.4. The maximum atomic E-state index is 12.8. The van der Waals surface area contributed by atoms with Crippen LogP contribution in [0.4, 0.5) is 0 Å². The molecule has 0 saturated heterocycles. The van der Waals surface area contributed by atoms with E-state index in [1.54, 1.807) is 24.5 Å². The van der Waals surface area contributed by atoms with E-state index in [9.17, 15) is 13.2 Å². The fraction of sp³-hybridized carbons (Fsp3) is 0.412. The number of sulfonamides is 1. The number of amides is 1. The van der Waals surface area contributed by atoms with Gasteiger partial charge in [0.2, 0.25) is 15.9 Å². The van der Waals surface area contributed by atoms with Gasteiger partial charge in [0.25, 0.3) is 0 Å². The van der Waals surface area contributed by atoms with Gasteiger partial charge in [-0.05, 0) is 17.7 Å². The van der Waals surface area contributed by atoms with Crippen molar-refractivity contribution in [2.75, 3.05) is 26.5 Å². The predicted molar refractivity (Wildman–Crippen MR) is 96.2 cm³/mol. The summed E-state index contributed by atoms with van der Waals surface area (Å²) in [5.74, 6) is 0.692. The average molecular weight is 378 g/mol. The van der Waals surface area contributed by atoms with Crippen LogP contribution in [0.1, 0.15) is 17.3 Å². The highest BCUT2D eigenvalue weighted by Crippen LogP contribution is 2.22. The highest BCUT2D eigenvalue weighted by molar-refractivity contribution is 7.88. The number of hydrogen-bond acceptors (Lipinski definition) is 5. The van der Waals surface area contributed by atoms with E-state index < -0.39 is 10.0 Å². The van der Waals surface area contributed by atoms with Gasteiger partial charge >= 0.3 is 0 Å². The predicted octanol–water partition coefficient (Wildman–Crippen LogP) is 0.567. The van der Waals surface area contributed by atoms with E-state index in [0.717, 1.165) is 17.5 Å². The standard InChI is InChI=1S/C17H22N4O4S/c1-25-16-5-3-4-13(6-16)7-17(22)20-10-14-8-18-12-21(14)15(11-20)9-19-26(2,23)24/h3-6,8,12,15,19H,7,9-11H2,1-2H3. The minimum Gasteiger partial charge on any atom is -0.497 e. The molecule has 0 saturated carbocycles. The van der Waals surface area contributed by atoms with Crippen molar-refractivity contribution in [3.8, 4) is 5.75 Å². The maximum Gasteiger partial charge on any atom is 0.227 e. The largest absolute Gasteiger partial charge is 0.497 e. The van der Waals surface area contributed by atoms with E-state index >= 15 is 0 Å². The lowest BCUT2D eigenvalue weighted by Gasteiger charge is -2.34. The molecule has 1 unspecified atom stereocenters. The van der Waals surface area contributed by atoms with Crippen molar-refractivity contribution in [1.29, 1.82) is 0 Å². The number of aromatic nitrogens is 2. The molecule has 8 nitrogen and oxygen atoms in total. The van der Waals surface area contributed by atoms with Crippen molar-refractivity contribution in [3.05, 3.63) is 48.0 Å². The highest BCUT2D eigenvalue weighted by Gasteiger charge is 2.28. The molecule has 1 amide bonds. The number of nitrogens with one attached hydrogen (secondary N) is 1. The number of fused-ring (bicyclic) bond motifs is 1. The molecule has 0 spiro atoms. The second-order valence-corrected chi connectivity index (χ2v) is 8.20.